The SMILES string of the molecule is Cc1ccnc(NC(c2ccccc2)c2ccccc2)n1. The minimum Gasteiger partial charge on any atom is -0.343 e. The fraction of sp³-hybridized carbons (Fsp3) is 0.111. The quantitative estimate of drug-likeness (QED) is 0.782. The van der Waals surface area contributed by atoms with Crippen molar-refractivity contribution in [3.63, 3.8) is 0 Å². The highest BCUT2D eigenvalue weighted by Gasteiger charge is 2.14. The van der Waals surface area contributed by atoms with Crippen LogP contribution in [0, 0.1) is 6.92 Å². The molecule has 3 rings (SSSR count). The largest absolute Gasteiger partial charge is 0.343 e. The molecule has 0 unspecified atom stereocenters. The zero-order valence-electron chi connectivity index (χ0n) is 11.9. The van der Waals surface area contributed by atoms with Crippen LogP contribution in [0.2, 0.25) is 0 Å². The van der Waals surface area contributed by atoms with Crippen molar-refractivity contribution in [2.24, 2.45) is 0 Å². The van der Waals surface area contributed by atoms with E-state index in [4.69, 9.17) is 0 Å². The Labute approximate surface area is 124 Å². The number of aryl methyl sites for hydroxylation is 1. The minimum atomic E-state index is 0.0363. The van der Waals surface area contributed by atoms with Crippen LogP contribution in [0.25, 0.3) is 0 Å². The topological polar surface area (TPSA) is 37.8 Å². The van der Waals surface area contributed by atoms with Crippen molar-refractivity contribution in [1.82, 2.24) is 9.97 Å². The van der Waals surface area contributed by atoms with Gasteiger partial charge in [0, 0.05) is 11.9 Å². The molecule has 0 saturated carbocycles. The Morgan fingerprint density at radius 1 is 0.810 bits per heavy atom. The van der Waals surface area contributed by atoms with Gasteiger partial charge in [-0.25, -0.2) is 9.97 Å². The maximum atomic E-state index is 4.44. The van der Waals surface area contributed by atoms with Gasteiger partial charge in [-0.3, -0.25) is 0 Å². The third-order valence-electron chi connectivity index (χ3n) is 3.33. The molecule has 3 nitrogen and oxygen atoms in total. The molecule has 0 aliphatic heterocycles. The highest BCUT2D eigenvalue weighted by atomic mass is 15.1. The van der Waals surface area contributed by atoms with Crippen LogP contribution in [-0.4, -0.2) is 9.97 Å². The summed E-state index contributed by atoms with van der Waals surface area (Å²) in [6.07, 6.45) is 1.78. The second-order valence-electron chi connectivity index (χ2n) is 4.92. The second-order valence-corrected chi connectivity index (χ2v) is 4.92. The third-order valence-corrected chi connectivity index (χ3v) is 3.33. The van der Waals surface area contributed by atoms with E-state index in [1.54, 1.807) is 6.20 Å². The van der Waals surface area contributed by atoms with Crippen molar-refractivity contribution in [3.05, 3.63) is 89.7 Å². The van der Waals surface area contributed by atoms with Crippen molar-refractivity contribution >= 4 is 5.95 Å². The number of nitrogens with zero attached hydrogens (tertiary/aromatic N) is 2. The lowest BCUT2D eigenvalue weighted by Gasteiger charge is -2.19. The molecule has 0 aliphatic carbocycles. The molecule has 0 fully saturated rings. The molecule has 0 saturated heterocycles. The summed E-state index contributed by atoms with van der Waals surface area (Å²) in [6, 6.07) is 22.6. The summed E-state index contributed by atoms with van der Waals surface area (Å²) in [7, 11) is 0. The monoisotopic (exact) mass is 275 g/mol. The fourth-order valence-corrected chi connectivity index (χ4v) is 2.30. The molecule has 104 valence electrons. The summed E-state index contributed by atoms with van der Waals surface area (Å²) >= 11 is 0. The van der Waals surface area contributed by atoms with Gasteiger partial charge in [-0.15, -0.1) is 0 Å². The molecule has 1 aromatic heterocycles. The first-order valence-electron chi connectivity index (χ1n) is 6.99. The molecule has 0 bridgehead atoms. The first kappa shape index (κ1) is 13.3. The minimum absolute atomic E-state index is 0.0363. The van der Waals surface area contributed by atoms with Crippen molar-refractivity contribution in [2.75, 3.05) is 5.32 Å². The molecule has 0 atom stereocenters. The number of aromatic nitrogens is 2. The predicted molar refractivity (Wildman–Crippen MR) is 85.1 cm³/mol. The standard InChI is InChI=1S/C18H17N3/c1-14-12-13-19-18(20-14)21-17(15-8-4-2-5-9-15)16-10-6-3-7-11-16/h2-13,17H,1H3,(H,19,20,21). The Balaban J connectivity index is 1.97. The highest BCUT2D eigenvalue weighted by Crippen LogP contribution is 2.25. The Morgan fingerprint density at radius 2 is 1.38 bits per heavy atom. The van der Waals surface area contributed by atoms with E-state index in [9.17, 15) is 0 Å². The molecule has 1 N–H and O–H groups in total. The van der Waals surface area contributed by atoms with Gasteiger partial charge in [0.1, 0.15) is 0 Å². The van der Waals surface area contributed by atoms with E-state index < -0.39 is 0 Å². The van der Waals surface area contributed by atoms with Gasteiger partial charge in [0.15, 0.2) is 0 Å². The average molecular weight is 275 g/mol. The van der Waals surface area contributed by atoms with Gasteiger partial charge in [-0.05, 0) is 24.1 Å². The lowest BCUT2D eigenvalue weighted by molar-refractivity contribution is 0.903. The van der Waals surface area contributed by atoms with E-state index in [2.05, 4.69) is 39.6 Å². The highest BCUT2D eigenvalue weighted by molar-refractivity contribution is 5.40. The lowest BCUT2D eigenvalue weighted by Crippen LogP contribution is -2.14. The number of anilines is 1. The number of hydrogen-bond acceptors (Lipinski definition) is 3. The summed E-state index contributed by atoms with van der Waals surface area (Å²) in [5.74, 6) is 0.646. The summed E-state index contributed by atoms with van der Waals surface area (Å²) in [5.41, 5.74) is 3.33. The van der Waals surface area contributed by atoms with Crippen LogP contribution < -0.4 is 5.32 Å². The van der Waals surface area contributed by atoms with Gasteiger partial charge in [-0.2, -0.15) is 0 Å². The number of hydrogen-bond donors (Lipinski definition) is 1. The zero-order valence-corrected chi connectivity index (χ0v) is 11.9. The molecule has 3 aromatic rings. The van der Waals surface area contributed by atoms with E-state index in [1.807, 2.05) is 49.4 Å². The maximum absolute atomic E-state index is 4.44. The van der Waals surface area contributed by atoms with E-state index in [1.165, 1.54) is 11.1 Å². The van der Waals surface area contributed by atoms with Crippen LogP contribution in [0.3, 0.4) is 0 Å². The van der Waals surface area contributed by atoms with Crippen molar-refractivity contribution in [2.45, 2.75) is 13.0 Å². The smallest absolute Gasteiger partial charge is 0.223 e. The molecule has 0 radical (unpaired) electrons. The Kier molecular flexibility index (Phi) is 3.92. The van der Waals surface area contributed by atoms with Crippen LogP contribution in [-0.2, 0) is 0 Å². The van der Waals surface area contributed by atoms with Gasteiger partial charge in [0.25, 0.3) is 0 Å². The molecule has 21 heavy (non-hydrogen) atoms. The summed E-state index contributed by atoms with van der Waals surface area (Å²) in [5, 5.41) is 3.43. The summed E-state index contributed by atoms with van der Waals surface area (Å²) < 4.78 is 0. The van der Waals surface area contributed by atoms with Crippen LogP contribution in [0.4, 0.5) is 5.95 Å². The van der Waals surface area contributed by atoms with Crippen molar-refractivity contribution < 1.29 is 0 Å². The lowest BCUT2D eigenvalue weighted by atomic mass is 9.99. The Bertz CT molecular complexity index is 656. The Morgan fingerprint density at radius 3 is 1.90 bits per heavy atom. The number of nitrogens with one attached hydrogen (secondary N) is 1. The first-order chi connectivity index (χ1) is 10.3. The normalized spacial score (nSPS) is 10.6. The first-order valence-corrected chi connectivity index (χ1v) is 6.99. The molecule has 0 aliphatic rings. The molecule has 2 aromatic carbocycles. The van der Waals surface area contributed by atoms with Gasteiger partial charge in [-0.1, -0.05) is 60.7 Å². The fourth-order valence-electron chi connectivity index (χ4n) is 2.30. The van der Waals surface area contributed by atoms with Gasteiger partial charge >= 0.3 is 0 Å². The maximum Gasteiger partial charge on any atom is 0.223 e. The van der Waals surface area contributed by atoms with Crippen LogP contribution in [0.1, 0.15) is 22.9 Å². The Hall–Kier alpha value is -2.68. The van der Waals surface area contributed by atoms with Gasteiger partial charge in [0.05, 0.1) is 6.04 Å². The number of rotatable bonds is 4. The van der Waals surface area contributed by atoms with Crippen LogP contribution >= 0.6 is 0 Å². The van der Waals surface area contributed by atoms with Crippen molar-refractivity contribution in [1.29, 1.82) is 0 Å². The number of benzene rings is 2. The molecule has 0 amide bonds. The van der Waals surface area contributed by atoms with Gasteiger partial charge in [0.2, 0.25) is 5.95 Å². The third kappa shape index (κ3) is 3.26. The van der Waals surface area contributed by atoms with Crippen LogP contribution in [0.5, 0.6) is 0 Å². The van der Waals surface area contributed by atoms with E-state index >= 15 is 0 Å². The zero-order chi connectivity index (χ0) is 14.5. The van der Waals surface area contributed by atoms with E-state index in [-0.39, 0.29) is 6.04 Å². The van der Waals surface area contributed by atoms with Crippen molar-refractivity contribution in [3.8, 4) is 0 Å². The molecule has 0 spiro atoms. The molecular weight excluding hydrogens is 258 g/mol. The molecule has 1 heterocycles. The summed E-state index contributed by atoms with van der Waals surface area (Å²) in [4.78, 5) is 8.75. The van der Waals surface area contributed by atoms with Crippen LogP contribution in [0.15, 0.2) is 72.9 Å². The second kappa shape index (κ2) is 6.18. The average Bonchev–Trinajstić information content (AvgIpc) is 2.54. The summed E-state index contributed by atoms with van der Waals surface area (Å²) in [6.45, 7) is 1.97. The predicted octanol–water partition coefficient (Wildman–Crippen LogP) is 3.99. The van der Waals surface area contributed by atoms with E-state index in [0.717, 1.165) is 5.69 Å². The van der Waals surface area contributed by atoms with E-state index in [0.29, 0.717) is 5.95 Å². The molecular formula is C18H17N3. The molecule has 3 heteroatoms. The van der Waals surface area contributed by atoms with Gasteiger partial charge < -0.3 is 5.32 Å².